The summed E-state index contributed by atoms with van der Waals surface area (Å²) in [6, 6.07) is 7.48. The number of rotatable bonds is 4. The van der Waals surface area contributed by atoms with Gasteiger partial charge in [0.15, 0.2) is 0 Å². The van der Waals surface area contributed by atoms with Gasteiger partial charge < -0.3 is 16.0 Å². The van der Waals surface area contributed by atoms with Crippen LogP contribution in [0.1, 0.15) is 35.2 Å². The predicted octanol–water partition coefficient (Wildman–Crippen LogP) is 1.13. The Hall–Kier alpha value is -1.88. The molecular weight excluding hydrogens is 266 g/mol. The van der Waals surface area contributed by atoms with Crippen molar-refractivity contribution in [2.45, 2.75) is 31.8 Å². The molecule has 114 valence electrons. The molecule has 5 nitrogen and oxygen atoms in total. The number of carbonyl (C=O) groups is 2. The summed E-state index contributed by atoms with van der Waals surface area (Å²) in [6.45, 7) is 0.554. The highest BCUT2D eigenvalue weighted by molar-refractivity contribution is 5.93. The topological polar surface area (TPSA) is 75.4 Å². The molecule has 21 heavy (non-hydrogen) atoms. The monoisotopic (exact) mass is 289 g/mol. The van der Waals surface area contributed by atoms with Crippen LogP contribution in [0.4, 0.5) is 0 Å². The van der Waals surface area contributed by atoms with Crippen LogP contribution in [0.15, 0.2) is 24.3 Å². The van der Waals surface area contributed by atoms with Gasteiger partial charge in [-0.3, -0.25) is 9.59 Å². The van der Waals surface area contributed by atoms with E-state index >= 15 is 0 Å². The highest BCUT2D eigenvalue weighted by atomic mass is 16.2. The second-order valence-electron chi connectivity index (χ2n) is 5.74. The molecule has 1 aromatic carbocycles. The van der Waals surface area contributed by atoms with E-state index < -0.39 is 0 Å². The Bertz CT molecular complexity index is 513. The van der Waals surface area contributed by atoms with Crippen LogP contribution in [-0.4, -0.2) is 36.9 Å². The Kier molecular flexibility index (Phi) is 4.96. The Morgan fingerprint density at radius 3 is 2.48 bits per heavy atom. The first-order valence-electron chi connectivity index (χ1n) is 7.33. The minimum atomic E-state index is -0.106. The van der Waals surface area contributed by atoms with Crippen LogP contribution in [-0.2, 0) is 11.3 Å². The van der Waals surface area contributed by atoms with E-state index in [1.807, 2.05) is 19.2 Å². The van der Waals surface area contributed by atoms with Crippen LogP contribution in [0.5, 0.6) is 0 Å². The van der Waals surface area contributed by atoms with Gasteiger partial charge in [-0.2, -0.15) is 0 Å². The maximum absolute atomic E-state index is 12.3. The van der Waals surface area contributed by atoms with Gasteiger partial charge in [0.25, 0.3) is 5.91 Å². The lowest BCUT2D eigenvalue weighted by molar-refractivity contribution is -0.134. The molecule has 5 heteroatoms. The van der Waals surface area contributed by atoms with Crippen molar-refractivity contribution in [2.24, 2.45) is 11.7 Å². The number of hydrogen-bond donors (Lipinski definition) is 2. The van der Waals surface area contributed by atoms with Gasteiger partial charge in [-0.15, -0.1) is 0 Å². The van der Waals surface area contributed by atoms with E-state index in [-0.39, 0.29) is 23.8 Å². The second kappa shape index (κ2) is 6.72. The van der Waals surface area contributed by atoms with Gasteiger partial charge >= 0.3 is 0 Å². The molecule has 1 saturated carbocycles. The average molecular weight is 289 g/mol. The SMILES string of the molecule is CNC(=O)c1ccc(CN(C)C(=O)C2CCC(N)C2)cc1. The number of amides is 2. The Labute approximate surface area is 125 Å². The summed E-state index contributed by atoms with van der Waals surface area (Å²) in [5.74, 6) is 0.124. The predicted molar refractivity (Wildman–Crippen MR) is 81.6 cm³/mol. The van der Waals surface area contributed by atoms with Gasteiger partial charge in [0, 0.05) is 38.2 Å². The lowest BCUT2D eigenvalue weighted by Gasteiger charge is -2.21. The second-order valence-corrected chi connectivity index (χ2v) is 5.74. The van der Waals surface area contributed by atoms with Crippen LogP contribution in [0.2, 0.25) is 0 Å². The molecule has 0 radical (unpaired) electrons. The molecular formula is C16H23N3O2. The first-order chi connectivity index (χ1) is 10.0. The van der Waals surface area contributed by atoms with Gasteiger partial charge in [-0.25, -0.2) is 0 Å². The molecule has 0 aromatic heterocycles. The molecule has 2 rings (SSSR count). The molecule has 2 atom stereocenters. The summed E-state index contributed by atoms with van der Waals surface area (Å²) in [5, 5.41) is 2.59. The van der Waals surface area contributed by atoms with Gasteiger partial charge in [0.05, 0.1) is 0 Å². The zero-order chi connectivity index (χ0) is 15.4. The largest absolute Gasteiger partial charge is 0.355 e. The van der Waals surface area contributed by atoms with Crippen LogP contribution >= 0.6 is 0 Å². The fourth-order valence-electron chi connectivity index (χ4n) is 2.81. The maximum atomic E-state index is 12.3. The smallest absolute Gasteiger partial charge is 0.251 e. The highest BCUT2D eigenvalue weighted by Crippen LogP contribution is 2.26. The lowest BCUT2D eigenvalue weighted by atomic mass is 10.1. The minimum absolute atomic E-state index is 0.0649. The fourth-order valence-corrected chi connectivity index (χ4v) is 2.81. The average Bonchev–Trinajstić information content (AvgIpc) is 2.93. The third-order valence-electron chi connectivity index (χ3n) is 4.06. The fraction of sp³-hybridized carbons (Fsp3) is 0.500. The number of nitrogens with two attached hydrogens (primary N) is 1. The quantitative estimate of drug-likeness (QED) is 0.872. The molecule has 2 amide bonds. The molecule has 1 fully saturated rings. The minimum Gasteiger partial charge on any atom is -0.355 e. The summed E-state index contributed by atoms with van der Waals surface area (Å²) >= 11 is 0. The number of nitrogens with zero attached hydrogens (tertiary/aromatic N) is 1. The van der Waals surface area contributed by atoms with E-state index in [2.05, 4.69) is 5.32 Å². The van der Waals surface area contributed by atoms with E-state index in [0.717, 1.165) is 24.8 Å². The molecule has 2 unspecified atom stereocenters. The van der Waals surface area contributed by atoms with Crippen molar-refractivity contribution in [3.8, 4) is 0 Å². The summed E-state index contributed by atoms with van der Waals surface area (Å²) < 4.78 is 0. The van der Waals surface area contributed by atoms with E-state index in [1.165, 1.54) is 0 Å². The van der Waals surface area contributed by atoms with E-state index in [0.29, 0.717) is 12.1 Å². The molecule has 0 spiro atoms. The van der Waals surface area contributed by atoms with Crippen molar-refractivity contribution in [1.82, 2.24) is 10.2 Å². The molecule has 3 N–H and O–H groups in total. The summed E-state index contributed by atoms with van der Waals surface area (Å²) in [4.78, 5) is 25.5. The summed E-state index contributed by atoms with van der Waals surface area (Å²) in [7, 11) is 3.42. The molecule has 1 aromatic rings. The highest BCUT2D eigenvalue weighted by Gasteiger charge is 2.29. The normalized spacial score (nSPS) is 21.1. The maximum Gasteiger partial charge on any atom is 0.251 e. The van der Waals surface area contributed by atoms with Crippen molar-refractivity contribution in [1.29, 1.82) is 0 Å². The van der Waals surface area contributed by atoms with Crippen LogP contribution in [0.3, 0.4) is 0 Å². The molecule has 0 heterocycles. The third kappa shape index (κ3) is 3.82. The third-order valence-corrected chi connectivity index (χ3v) is 4.06. The summed E-state index contributed by atoms with van der Waals surface area (Å²) in [5.41, 5.74) is 7.50. The van der Waals surface area contributed by atoms with Crippen molar-refractivity contribution in [2.75, 3.05) is 14.1 Å². The Balaban J connectivity index is 1.94. The van der Waals surface area contributed by atoms with E-state index in [9.17, 15) is 9.59 Å². The van der Waals surface area contributed by atoms with Gasteiger partial charge in [-0.05, 0) is 37.0 Å². The number of hydrogen-bond acceptors (Lipinski definition) is 3. The molecule has 1 aliphatic rings. The Morgan fingerprint density at radius 1 is 1.29 bits per heavy atom. The molecule has 1 aliphatic carbocycles. The first kappa shape index (κ1) is 15.5. The van der Waals surface area contributed by atoms with Crippen LogP contribution in [0, 0.1) is 5.92 Å². The number of nitrogens with one attached hydrogen (secondary N) is 1. The molecule has 0 bridgehead atoms. The first-order valence-corrected chi connectivity index (χ1v) is 7.33. The molecule has 0 saturated heterocycles. The van der Waals surface area contributed by atoms with Crippen molar-refractivity contribution >= 4 is 11.8 Å². The van der Waals surface area contributed by atoms with Crippen LogP contribution in [0.25, 0.3) is 0 Å². The number of benzene rings is 1. The van der Waals surface area contributed by atoms with Gasteiger partial charge in [0.1, 0.15) is 0 Å². The van der Waals surface area contributed by atoms with Gasteiger partial charge in [-0.1, -0.05) is 12.1 Å². The van der Waals surface area contributed by atoms with E-state index in [1.54, 1.807) is 24.1 Å². The van der Waals surface area contributed by atoms with E-state index in [4.69, 9.17) is 5.73 Å². The lowest BCUT2D eigenvalue weighted by Crippen LogP contribution is -2.32. The van der Waals surface area contributed by atoms with Crippen molar-refractivity contribution < 1.29 is 9.59 Å². The number of carbonyl (C=O) groups excluding carboxylic acids is 2. The Morgan fingerprint density at radius 2 is 1.95 bits per heavy atom. The van der Waals surface area contributed by atoms with Crippen LogP contribution < -0.4 is 11.1 Å². The van der Waals surface area contributed by atoms with Gasteiger partial charge in [0.2, 0.25) is 5.91 Å². The standard InChI is InChI=1S/C16H23N3O2/c1-18-15(20)12-5-3-11(4-6-12)10-19(2)16(21)13-7-8-14(17)9-13/h3-6,13-14H,7-10,17H2,1-2H3,(H,18,20). The van der Waals surface area contributed by atoms with Crippen molar-refractivity contribution in [3.05, 3.63) is 35.4 Å². The summed E-state index contributed by atoms with van der Waals surface area (Å²) in [6.07, 6.45) is 2.61. The molecule has 0 aliphatic heterocycles. The van der Waals surface area contributed by atoms with Crippen molar-refractivity contribution in [3.63, 3.8) is 0 Å². The zero-order valence-corrected chi connectivity index (χ0v) is 12.6. The zero-order valence-electron chi connectivity index (χ0n) is 12.6.